The van der Waals surface area contributed by atoms with Crippen molar-refractivity contribution in [2.45, 2.75) is 13.8 Å². The molecule has 8 heavy (non-hydrogen) atoms. The summed E-state index contributed by atoms with van der Waals surface area (Å²) >= 11 is 0.482. The molecule has 0 aromatic carbocycles. The summed E-state index contributed by atoms with van der Waals surface area (Å²) in [6, 6.07) is 0. The molecule has 2 nitrogen and oxygen atoms in total. The molecule has 0 aliphatic rings. The van der Waals surface area contributed by atoms with E-state index >= 15 is 0 Å². The third-order valence-electron chi connectivity index (χ3n) is 0.592. The van der Waals surface area contributed by atoms with Gasteiger partial charge in [0.2, 0.25) is 0 Å². The fourth-order valence-corrected chi connectivity index (χ4v) is 0.585. The van der Waals surface area contributed by atoms with E-state index in [4.69, 9.17) is 2.69 Å². The van der Waals surface area contributed by atoms with Crippen LogP contribution in [0.3, 0.4) is 0 Å². The molecule has 0 aromatic heterocycles. The van der Waals surface area contributed by atoms with Crippen LogP contribution < -0.4 is 0 Å². The van der Waals surface area contributed by atoms with Crippen LogP contribution in [0.5, 0.6) is 0 Å². The van der Waals surface area contributed by atoms with Crippen LogP contribution in [0.1, 0.15) is 13.8 Å². The van der Waals surface area contributed by atoms with Gasteiger partial charge in [-0.15, -0.1) is 0 Å². The van der Waals surface area contributed by atoms with Gasteiger partial charge in [0.15, 0.2) is 0 Å². The van der Waals surface area contributed by atoms with E-state index in [1.165, 1.54) is 13.0 Å². The van der Waals surface area contributed by atoms with Crippen molar-refractivity contribution in [2.75, 3.05) is 0 Å². The van der Waals surface area contributed by atoms with Gasteiger partial charge in [-0.1, -0.05) is 0 Å². The van der Waals surface area contributed by atoms with Gasteiger partial charge in [-0.2, -0.15) is 0 Å². The molecule has 3 heteroatoms. The normalized spacial score (nSPS) is 10.9. The Balaban J connectivity index is 3.75. The summed E-state index contributed by atoms with van der Waals surface area (Å²) in [7, 11) is 0. The SMILES string of the molecule is CC(=O)/C=C(\C)[O][Tl]. The summed E-state index contributed by atoms with van der Waals surface area (Å²) in [4.78, 5) is 10.3. The van der Waals surface area contributed by atoms with E-state index in [0.717, 1.165) is 5.76 Å². The van der Waals surface area contributed by atoms with Crippen LogP contribution in [-0.4, -0.2) is 32.0 Å². The van der Waals surface area contributed by atoms with Crippen molar-refractivity contribution in [2.24, 2.45) is 0 Å². The molecule has 0 aromatic rings. The summed E-state index contributed by atoms with van der Waals surface area (Å²) in [5, 5.41) is 0. The van der Waals surface area contributed by atoms with E-state index in [9.17, 15) is 4.79 Å². The standard InChI is InChI=1S/C5H8O2.Tl/c1-4(6)3-5(2)7;/h3,6H,1-2H3;/q;+1/p-1/b4-3+;. The molecule has 0 saturated carbocycles. The Hall–Kier alpha value is 0.132. The number of carbonyl (C=O) groups excluding carboxylic acids is 1. The fourth-order valence-electron chi connectivity index (χ4n) is 0.320. The van der Waals surface area contributed by atoms with Crippen LogP contribution in [0, 0.1) is 0 Å². The Morgan fingerprint density at radius 3 is 2.25 bits per heavy atom. The van der Waals surface area contributed by atoms with Crippen molar-refractivity contribution in [1.82, 2.24) is 0 Å². The molecule has 0 aliphatic heterocycles. The van der Waals surface area contributed by atoms with Crippen molar-refractivity contribution in [3.05, 3.63) is 11.8 Å². The van der Waals surface area contributed by atoms with Gasteiger partial charge in [-0.05, 0) is 0 Å². The van der Waals surface area contributed by atoms with Gasteiger partial charge in [0.05, 0.1) is 0 Å². The Morgan fingerprint density at radius 1 is 1.62 bits per heavy atom. The summed E-state index contributed by atoms with van der Waals surface area (Å²) in [5.74, 6) is 0.769. The molecule has 0 fully saturated rings. The molecule has 0 spiro atoms. The molecule has 0 amide bonds. The zero-order valence-electron chi connectivity index (χ0n) is 4.97. The Morgan fingerprint density at radius 2 is 2.12 bits per heavy atom. The van der Waals surface area contributed by atoms with Crippen molar-refractivity contribution >= 4 is 32.0 Å². The number of ketones is 1. The van der Waals surface area contributed by atoms with Crippen molar-refractivity contribution < 1.29 is 7.48 Å². The molecule has 42 valence electrons. The van der Waals surface area contributed by atoms with Gasteiger partial charge in [0.25, 0.3) is 0 Å². The zero-order chi connectivity index (χ0) is 6.57. The average molecular weight is 303 g/mol. The molecule has 0 radical (unpaired) electrons. The van der Waals surface area contributed by atoms with Crippen molar-refractivity contribution in [1.29, 1.82) is 0 Å². The minimum atomic E-state index is 0.0446. The first-order valence-corrected chi connectivity index (χ1v) is 4.05. The van der Waals surface area contributed by atoms with E-state index in [-0.39, 0.29) is 5.78 Å². The molecular formula is C5H7O2Tl. The fraction of sp³-hybridized carbons (Fsp3) is 0.400. The second kappa shape index (κ2) is 4.06. The van der Waals surface area contributed by atoms with Crippen LogP contribution in [0.25, 0.3) is 0 Å². The molecule has 0 rings (SSSR count). The van der Waals surface area contributed by atoms with Crippen LogP contribution in [0.2, 0.25) is 0 Å². The summed E-state index contributed by atoms with van der Waals surface area (Å²) < 4.78 is 4.87. The number of allylic oxidation sites excluding steroid dienone is 2. The van der Waals surface area contributed by atoms with Gasteiger partial charge in [-0.25, -0.2) is 0 Å². The number of hydrogen-bond acceptors (Lipinski definition) is 2. The predicted octanol–water partition coefficient (Wildman–Crippen LogP) is 0.579. The third kappa shape index (κ3) is 4.30. The van der Waals surface area contributed by atoms with Gasteiger partial charge in [-0.3, -0.25) is 0 Å². The topological polar surface area (TPSA) is 26.3 Å². The molecular weight excluding hydrogens is 296 g/mol. The van der Waals surface area contributed by atoms with Gasteiger partial charge >= 0.3 is 65.2 Å². The second-order valence-electron chi connectivity index (χ2n) is 1.48. The van der Waals surface area contributed by atoms with Crippen molar-refractivity contribution in [3.8, 4) is 0 Å². The average Bonchev–Trinajstić information content (AvgIpc) is 1.65. The number of hydrogen-bond donors (Lipinski definition) is 0. The van der Waals surface area contributed by atoms with E-state index in [1.807, 2.05) is 0 Å². The first-order chi connectivity index (χ1) is 3.66. The zero-order valence-corrected chi connectivity index (χ0v) is 9.46. The Labute approximate surface area is 65.2 Å². The maximum atomic E-state index is 10.3. The summed E-state index contributed by atoms with van der Waals surface area (Å²) in [6.07, 6.45) is 1.49. The summed E-state index contributed by atoms with van der Waals surface area (Å²) in [5.41, 5.74) is 0. The molecule has 0 N–H and O–H groups in total. The van der Waals surface area contributed by atoms with E-state index in [0.29, 0.717) is 26.2 Å². The monoisotopic (exact) mass is 304 g/mol. The molecule has 0 saturated heterocycles. The first kappa shape index (κ1) is 8.13. The van der Waals surface area contributed by atoms with E-state index in [1.54, 1.807) is 6.92 Å². The van der Waals surface area contributed by atoms with Crippen LogP contribution in [-0.2, 0) is 7.48 Å². The van der Waals surface area contributed by atoms with Crippen LogP contribution in [0.4, 0.5) is 0 Å². The van der Waals surface area contributed by atoms with Crippen LogP contribution in [0.15, 0.2) is 11.8 Å². The minimum absolute atomic E-state index is 0.0446. The number of rotatable bonds is 2. The van der Waals surface area contributed by atoms with E-state index < -0.39 is 0 Å². The van der Waals surface area contributed by atoms with Gasteiger partial charge in [0.1, 0.15) is 0 Å². The third-order valence-corrected chi connectivity index (χ3v) is 2.04. The summed E-state index contributed by atoms with van der Waals surface area (Å²) in [6.45, 7) is 3.29. The predicted molar refractivity (Wildman–Crippen MR) is 31.3 cm³/mol. The second-order valence-corrected chi connectivity index (χ2v) is 2.40. The van der Waals surface area contributed by atoms with Crippen LogP contribution >= 0.6 is 0 Å². The quantitative estimate of drug-likeness (QED) is 0.424. The molecule has 0 heterocycles. The Bertz CT molecular complexity index is 118. The van der Waals surface area contributed by atoms with Crippen molar-refractivity contribution in [3.63, 3.8) is 0 Å². The van der Waals surface area contributed by atoms with Gasteiger partial charge in [0, 0.05) is 0 Å². The molecule has 0 aliphatic carbocycles. The molecule has 0 atom stereocenters. The maximum absolute atomic E-state index is 10.3. The Kier molecular flexibility index (Phi) is 4.12. The molecule has 0 bridgehead atoms. The molecule has 0 unspecified atom stereocenters. The van der Waals surface area contributed by atoms with Gasteiger partial charge < -0.3 is 0 Å². The first-order valence-electron chi connectivity index (χ1n) is 2.22. The van der Waals surface area contributed by atoms with E-state index in [2.05, 4.69) is 0 Å². The number of carbonyl (C=O) groups is 1.